The highest BCUT2D eigenvalue weighted by atomic mass is 35.5. The Kier molecular flexibility index (Phi) is 3.54. The molecule has 0 saturated heterocycles. The van der Waals surface area contributed by atoms with Crippen molar-refractivity contribution in [3.8, 4) is 6.07 Å². The van der Waals surface area contributed by atoms with E-state index in [1.54, 1.807) is 18.2 Å². The number of halogens is 1. The number of nitrogens with zero attached hydrogens (tertiary/aromatic N) is 3. The lowest BCUT2D eigenvalue weighted by molar-refractivity contribution is 0.738. The largest absolute Gasteiger partial charge is 0.379 e. The standard InChI is InChI=1S/C13H13ClN4/c1-9-11(8-17-18(9)2)7-16-13-10(6-15)4-3-5-12(13)14/h3-5,8,16H,7H2,1-2H3. The van der Waals surface area contributed by atoms with E-state index < -0.39 is 0 Å². The van der Waals surface area contributed by atoms with Gasteiger partial charge in [0.25, 0.3) is 0 Å². The van der Waals surface area contributed by atoms with Crippen molar-refractivity contribution in [3.05, 3.63) is 46.2 Å². The summed E-state index contributed by atoms with van der Waals surface area (Å²) < 4.78 is 1.81. The van der Waals surface area contributed by atoms with Crippen LogP contribution >= 0.6 is 11.6 Å². The van der Waals surface area contributed by atoms with Gasteiger partial charge in [-0.25, -0.2) is 0 Å². The summed E-state index contributed by atoms with van der Waals surface area (Å²) in [5, 5.41) is 17.0. The molecule has 0 bridgehead atoms. The molecule has 18 heavy (non-hydrogen) atoms. The van der Waals surface area contributed by atoms with E-state index >= 15 is 0 Å². The molecule has 4 nitrogen and oxygen atoms in total. The molecule has 0 unspecified atom stereocenters. The number of nitrogens with one attached hydrogen (secondary N) is 1. The quantitative estimate of drug-likeness (QED) is 0.923. The molecule has 0 spiro atoms. The number of anilines is 1. The third-order valence-electron chi connectivity index (χ3n) is 2.93. The molecule has 0 aliphatic carbocycles. The molecule has 1 N–H and O–H groups in total. The maximum absolute atomic E-state index is 9.03. The molecule has 1 aromatic heterocycles. The third kappa shape index (κ3) is 2.31. The fourth-order valence-electron chi connectivity index (χ4n) is 1.70. The molecule has 0 amide bonds. The van der Waals surface area contributed by atoms with E-state index in [0.29, 0.717) is 22.8 Å². The number of aryl methyl sites for hydroxylation is 1. The fourth-order valence-corrected chi connectivity index (χ4v) is 1.94. The predicted octanol–water partition coefficient (Wildman–Crippen LogP) is 2.87. The van der Waals surface area contributed by atoms with Crippen molar-refractivity contribution >= 4 is 17.3 Å². The number of hydrogen-bond acceptors (Lipinski definition) is 3. The zero-order chi connectivity index (χ0) is 13.1. The van der Waals surface area contributed by atoms with Gasteiger partial charge in [-0.3, -0.25) is 4.68 Å². The summed E-state index contributed by atoms with van der Waals surface area (Å²) in [4.78, 5) is 0. The molecule has 5 heteroatoms. The second-order valence-electron chi connectivity index (χ2n) is 4.01. The Balaban J connectivity index is 2.21. The van der Waals surface area contributed by atoms with Gasteiger partial charge >= 0.3 is 0 Å². The van der Waals surface area contributed by atoms with Crippen LogP contribution in [0.4, 0.5) is 5.69 Å². The van der Waals surface area contributed by atoms with E-state index in [1.807, 2.05) is 24.9 Å². The molecule has 2 rings (SSSR count). The lowest BCUT2D eigenvalue weighted by Gasteiger charge is -2.09. The van der Waals surface area contributed by atoms with Crippen molar-refractivity contribution in [2.75, 3.05) is 5.32 Å². The number of nitriles is 1. The van der Waals surface area contributed by atoms with E-state index in [-0.39, 0.29) is 0 Å². The number of aromatic nitrogens is 2. The van der Waals surface area contributed by atoms with Gasteiger partial charge in [-0.05, 0) is 19.1 Å². The second-order valence-corrected chi connectivity index (χ2v) is 4.41. The molecule has 0 atom stereocenters. The average Bonchev–Trinajstić information content (AvgIpc) is 2.68. The molecule has 0 saturated carbocycles. The minimum Gasteiger partial charge on any atom is -0.379 e. The van der Waals surface area contributed by atoms with Crippen molar-refractivity contribution < 1.29 is 0 Å². The average molecular weight is 261 g/mol. The topological polar surface area (TPSA) is 53.6 Å². The van der Waals surface area contributed by atoms with E-state index in [1.165, 1.54) is 0 Å². The summed E-state index contributed by atoms with van der Waals surface area (Å²) >= 11 is 6.08. The van der Waals surface area contributed by atoms with Crippen LogP contribution in [0, 0.1) is 18.3 Å². The van der Waals surface area contributed by atoms with Gasteiger partial charge in [-0.15, -0.1) is 0 Å². The maximum atomic E-state index is 9.03. The van der Waals surface area contributed by atoms with Gasteiger partial charge in [0.15, 0.2) is 0 Å². The normalized spacial score (nSPS) is 10.1. The smallest absolute Gasteiger partial charge is 0.101 e. The zero-order valence-corrected chi connectivity index (χ0v) is 11.0. The van der Waals surface area contributed by atoms with Crippen LogP contribution in [0.25, 0.3) is 0 Å². The highest BCUT2D eigenvalue weighted by molar-refractivity contribution is 6.33. The van der Waals surface area contributed by atoms with Crippen LogP contribution in [-0.2, 0) is 13.6 Å². The van der Waals surface area contributed by atoms with Crippen LogP contribution in [0.3, 0.4) is 0 Å². The molecule has 1 aromatic carbocycles. The van der Waals surface area contributed by atoms with Crippen molar-refractivity contribution in [1.82, 2.24) is 9.78 Å². The predicted molar refractivity (Wildman–Crippen MR) is 71.4 cm³/mol. The van der Waals surface area contributed by atoms with E-state index in [2.05, 4.69) is 16.5 Å². The Bertz CT molecular complexity index is 610. The summed E-state index contributed by atoms with van der Waals surface area (Å²) in [6, 6.07) is 7.40. The second kappa shape index (κ2) is 5.11. The fraction of sp³-hybridized carbons (Fsp3) is 0.231. The highest BCUT2D eigenvalue weighted by Crippen LogP contribution is 2.26. The van der Waals surface area contributed by atoms with Crippen LogP contribution in [0.2, 0.25) is 5.02 Å². The van der Waals surface area contributed by atoms with Gasteiger partial charge in [0, 0.05) is 24.8 Å². The first-order chi connectivity index (χ1) is 8.63. The van der Waals surface area contributed by atoms with Crippen molar-refractivity contribution in [2.45, 2.75) is 13.5 Å². The molecule has 1 heterocycles. The van der Waals surface area contributed by atoms with E-state index in [0.717, 1.165) is 11.3 Å². The maximum Gasteiger partial charge on any atom is 0.101 e. The molecule has 0 radical (unpaired) electrons. The van der Waals surface area contributed by atoms with Gasteiger partial charge in [0.2, 0.25) is 0 Å². The first-order valence-corrected chi connectivity index (χ1v) is 5.91. The zero-order valence-electron chi connectivity index (χ0n) is 10.2. The third-order valence-corrected chi connectivity index (χ3v) is 3.24. The lowest BCUT2D eigenvalue weighted by atomic mass is 10.2. The Morgan fingerprint density at radius 3 is 2.89 bits per heavy atom. The van der Waals surface area contributed by atoms with Crippen LogP contribution < -0.4 is 5.32 Å². The Hall–Kier alpha value is -1.99. The van der Waals surface area contributed by atoms with Gasteiger partial charge in [0.1, 0.15) is 6.07 Å². The number of para-hydroxylation sites is 1. The van der Waals surface area contributed by atoms with Crippen molar-refractivity contribution in [3.63, 3.8) is 0 Å². The first-order valence-electron chi connectivity index (χ1n) is 5.53. The molecule has 0 aliphatic heterocycles. The number of hydrogen-bond donors (Lipinski definition) is 1. The minimum absolute atomic E-state index is 0.545. The molecular weight excluding hydrogens is 248 g/mol. The highest BCUT2D eigenvalue weighted by Gasteiger charge is 2.08. The monoisotopic (exact) mass is 260 g/mol. The SMILES string of the molecule is Cc1c(CNc2c(Cl)cccc2C#N)cnn1C. The van der Waals surface area contributed by atoms with Gasteiger partial charge in [-0.1, -0.05) is 17.7 Å². The Morgan fingerprint density at radius 1 is 1.50 bits per heavy atom. The first kappa shape index (κ1) is 12.5. The molecule has 2 aromatic rings. The van der Waals surface area contributed by atoms with E-state index in [9.17, 15) is 0 Å². The van der Waals surface area contributed by atoms with Crippen LogP contribution in [0.5, 0.6) is 0 Å². The molecule has 92 valence electrons. The summed E-state index contributed by atoms with van der Waals surface area (Å²) in [6.45, 7) is 2.60. The Morgan fingerprint density at radius 2 is 2.28 bits per heavy atom. The Labute approximate surface area is 111 Å². The van der Waals surface area contributed by atoms with Gasteiger partial charge < -0.3 is 5.32 Å². The lowest BCUT2D eigenvalue weighted by Crippen LogP contribution is -2.03. The van der Waals surface area contributed by atoms with Gasteiger partial charge in [0.05, 0.1) is 22.5 Å². The number of rotatable bonds is 3. The van der Waals surface area contributed by atoms with Crippen molar-refractivity contribution in [2.24, 2.45) is 7.05 Å². The summed E-state index contributed by atoms with van der Waals surface area (Å²) in [5.74, 6) is 0. The van der Waals surface area contributed by atoms with Crippen molar-refractivity contribution in [1.29, 1.82) is 5.26 Å². The molecule has 0 fully saturated rings. The molecule has 0 aliphatic rings. The van der Waals surface area contributed by atoms with E-state index in [4.69, 9.17) is 16.9 Å². The summed E-state index contributed by atoms with van der Waals surface area (Å²) in [6.07, 6.45) is 1.81. The summed E-state index contributed by atoms with van der Waals surface area (Å²) in [5.41, 5.74) is 3.39. The van der Waals surface area contributed by atoms with Crippen LogP contribution in [-0.4, -0.2) is 9.78 Å². The molecular formula is C13H13ClN4. The van der Waals surface area contributed by atoms with Crippen LogP contribution in [0.15, 0.2) is 24.4 Å². The minimum atomic E-state index is 0.545. The number of benzene rings is 1. The van der Waals surface area contributed by atoms with Crippen LogP contribution in [0.1, 0.15) is 16.8 Å². The van der Waals surface area contributed by atoms with Gasteiger partial charge in [-0.2, -0.15) is 10.4 Å². The summed E-state index contributed by atoms with van der Waals surface area (Å²) in [7, 11) is 1.90.